The van der Waals surface area contributed by atoms with Gasteiger partial charge in [-0.2, -0.15) is 0 Å². The highest BCUT2D eigenvalue weighted by Crippen LogP contribution is 2.69. The van der Waals surface area contributed by atoms with Gasteiger partial charge in [-0.05, 0) is 104 Å². The van der Waals surface area contributed by atoms with E-state index in [-0.39, 0.29) is 29.0 Å². The zero-order chi connectivity index (χ0) is 22.7. The third-order valence-electron chi connectivity index (χ3n) is 11.3. The van der Waals surface area contributed by atoms with Crippen LogP contribution in [-0.2, 0) is 4.79 Å². The quantitative estimate of drug-likeness (QED) is 0.544. The van der Waals surface area contributed by atoms with E-state index >= 15 is 0 Å². The van der Waals surface area contributed by atoms with Crippen LogP contribution in [0.2, 0.25) is 0 Å². The fourth-order valence-electron chi connectivity index (χ4n) is 9.76. The predicted molar refractivity (Wildman–Crippen MR) is 122 cm³/mol. The van der Waals surface area contributed by atoms with E-state index in [1.54, 1.807) is 0 Å². The normalized spacial score (nSPS) is 51.3. The molecule has 4 heteroatoms. The first kappa shape index (κ1) is 23.5. The average molecular weight is 435 g/mol. The summed E-state index contributed by atoms with van der Waals surface area (Å²) in [6, 6.07) is 0. The number of rotatable bonds is 5. The third kappa shape index (κ3) is 3.59. The van der Waals surface area contributed by atoms with Crippen molar-refractivity contribution in [3.63, 3.8) is 0 Å². The molecular formula is C27H46O4. The maximum absolute atomic E-state index is 11.7. The smallest absolute Gasteiger partial charge is 0.306 e. The molecule has 3 N–H and O–H groups in total. The minimum absolute atomic E-state index is 0.197. The molecule has 4 nitrogen and oxygen atoms in total. The number of fused-ring (bicyclic) bond motifs is 5. The molecule has 0 spiro atoms. The van der Waals surface area contributed by atoms with Gasteiger partial charge in [0.05, 0.1) is 18.1 Å². The zero-order valence-electron chi connectivity index (χ0n) is 20.4. The minimum atomic E-state index is -0.679. The Bertz CT molecular complexity index is 678. The summed E-state index contributed by atoms with van der Waals surface area (Å²) in [6.45, 7) is 11.3. The van der Waals surface area contributed by atoms with Crippen LogP contribution in [0, 0.1) is 58.2 Å². The Morgan fingerprint density at radius 2 is 1.61 bits per heavy atom. The Kier molecular flexibility index (Phi) is 6.31. The van der Waals surface area contributed by atoms with Crippen molar-refractivity contribution in [1.82, 2.24) is 0 Å². The van der Waals surface area contributed by atoms with Gasteiger partial charge in [-0.1, -0.05) is 41.0 Å². The minimum Gasteiger partial charge on any atom is -0.481 e. The van der Waals surface area contributed by atoms with E-state index in [2.05, 4.69) is 27.7 Å². The van der Waals surface area contributed by atoms with Crippen LogP contribution >= 0.6 is 0 Å². The molecule has 4 aliphatic rings. The van der Waals surface area contributed by atoms with Gasteiger partial charge < -0.3 is 15.3 Å². The number of carbonyl (C=O) groups is 1. The zero-order valence-corrected chi connectivity index (χ0v) is 20.4. The van der Waals surface area contributed by atoms with Crippen molar-refractivity contribution in [1.29, 1.82) is 0 Å². The molecule has 0 aromatic heterocycles. The number of aliphatic carboxylic acids is 1. The lowest BCUT2D eigenvalue weighted by Crippen LogP contribution is -2.62. The number of carboxylic acids is 1. The molecule has 4 saturated carbocycles. The summed E-state index contributed by atoms with van der Waals surface area (Å²) < 4.78 is 0. The molecule has 4 fully saturated rings. The van der Waals surface area contributed by atoms with Gasteiger partial charge in [-0.25, -0.2) is 0 Å². The Morgan fingerprint density at radius 3 is 2.26 bits per heavy atom. The lowest BCUT2D eigenvalue weighted by Gasteiger charge is -2.64. The van der Waals surface area contributed by atoms with Crippen molar-refractivity contribution >= 4 is 5.97 Å². The van der Waals surface area contributed by atoms with E-state index in [0.717, 1.165) is 32.1 Å². The fraction of sp³-hybridized carbons (Fsp3) is 0.963. The van der Waals surface area contributed by atoms with Crippen LogP contribution in [0.4, 0.5) is 0 Å². The average Bonchev–Trinajstić information content (AvgIpc) is 3.06. The number of aliphatic hydroxyl groups is 2. The third-order valence-corrected chi connectivity index (χ3v) is 11.3. The summed E-state index contributed by atoms with van der Waals surface area (Å²) >= 11 is 0. The van der Waals surface area contributed by atoms with E-state index in [9.17, 15) is 20.1 Å². The second-order valence-corrected chi connectivity index (χ2v) is 12.6. The van der Waals surface area contributed by atoms with Crippen LogP contribution in [-0.4, -0.2) is 33.5 Å². The summed E-state index contributed by atoms with van der Waals surface area (Å²) in [6.07, 6.45) is 8.95. The van der Waals surface area contributed by atoms with E-state index in [1.165, 1.54) is 25.7 Å². The van der Waals surface area contributed by atoms with Crippen molar-refractivity contribution in [2.24, 2.45) is 58.2 Å². The molecule has 4 rings (SSSR count). The van der Waals surface area contributed by atoms with Crippen LogP contribution in [0.3, 0.4) is 0 Å². The van der Waals surface area contributed by atoms with E-state index in [0.29, 0.717) is 41.4 Å². The molecule has 31 heavy (non-hydrogen) atoms. The number of hydrogen-bond donors (Lipinski definition) is 3. The SMILES string of the molecule is CC[C@H]1[C@@H](O)[C@@H]2[C@H](CC[C@]3(C)[C@@H]([C@H](C)C[C@@H](C)C(=O)O)CC[C@@H]23)[C@@]2(C)CC[C@@H](O)C[C@@H]12. The highest BCUT2D eigenvalue weighted by molar-refractivity contribution is 5.69. The van der Waals surface area contributed by atoms with E-state index in [4.69, 9.17) is 0 Å². The Labute approximate surface area is 189 Å². The number of hydrogen-bond acceptors (Lipinski definition) is 3. The second-order valence-electron chi connectivity index (χ2n) is 12.6. The van der Waals surface area contributed by atoms with Gasteiger partial charge in [0.2, 0.25) is 0 Å². The Balaban J connectivity index is 1.61. The van der Waals surface area contributed by atoms with Crippen LogP contribution < -0.4 is 0 Å². The molecule has 0 radical (unpaired) electrons. The van der Waals surface area contributed by atoms with Gasteiger partial charge in [0.25, 0.3) is 0 Å². The van der Waals surface area contributed by atoms with Crippen molar-refractivity contribution in [2.75, 3.05) is 0 Å². The highest BCUT2D eigenvalue weighted by atomic mass is 16.4. The predicted octanol–water partition coefficient (Wildman–Crippen LogP) is 5.36. The molecule has 0 amide bonds. The number of aliphatic hydroxyl groups excluding tert-OH is 2. The van der Waals surface area contributed by atoms with Crippen molar-refractivity contribution < 1.29 is 20.1 Å². The van der Waals surface area contributed by atoms with Crippen molar-refractivity contribution in [2.45, 2.75) is 105 Å². The van der Waals surface area contributed by atoms with Gasteiger partial charge in [-0.3, -0.25) is 4.79 Å². The standard InChI is InChI=1S/C27H46O4/c1-6-18-22-14-17(28)9-11-27(22,5)21-10-12-26(4)19(15(2)13-16(3)25(30)31)7-8-20(26)23(21)24(18)29/h15-24,28-29H,6-14H2,1-5H3,(H,30,31)/t15-,16-,17-,18-,19-,20+,21+,22+,23+,24-,26-,27-/m1/s1. The van der Waals surface area contributed by atoms with Crippen LogP contribution in [0.25, 0.3) is 0 Å². The highest BCUT2D eigenvalue weighted by Gasteiger charge is 2.64. The van der Waals surface area contributed by atoms with Gasteiger partial charge in [-0.15, -0.1) is 0 Å². The molecule has 12 atom stereocenters. The van der Waals surface area contributed by atoms with Gasteiger partial charge in [0.15, 0.2) is 0 Å². The second kappa shape index (κ2) is 8.31. The Morgan fingerprint density at radius 1 is 0.968 bits per heavy atom. The van der Waals surface area contributed by atoms with Gasteiger partial charge in [0.1, 0.15) is 0 Å². The molecule has 0 heterocycles. The van der Waals surface area contributed by atoms with Crippen molar-refractivity contribution in [3.8, 4) is 0 Å². The maximum Gasteiger partial charge on any atom is 0.306 e. The largest absolute Gasteiger partial charge is 0.481 e. The van der Waals surface area contributed by atoms with Crippen molar-refractivity contribution in [3.05, 3.63) is 0 Å². The molecule has 0 bridgehead atoms. The monoisotopic (exact) mass is 434 g/mol. The summed E-state index contributed by atoms with van der Waals surface area (Å²) in [7, 11) is 0. The number of carboxylic acid groups (broad SMARTS) is 1. The fourth-order valence-corrected chi connectivity index (χ4v) is 9.76. The first-order chi connectivity index (χ1) is 14.5. The Hall–Kier alpha value is -0.610. The molecule has 0 aliphatic heterocycles. The summed E-state index contributed by atoms with van der Waals surface area (Å²) in [5.41, 5.74) is 0.460. The summed E-state index contributed by atoms with van der Waals surface area (Å²) in [5.74, 6) is 2.23. The summed E-state index contributed by atoms with van der Waals surface area (Å²) in [5, 5.41) is 31.6. The lowest BCUT2D eigenvalue weighted by atomic mass is 9.41. The molecule has 0 aromatic carbocycles. The van der Waals surface area contributed by atoms with E-state index < -0.39 is 5.97 Å². The molecule has 4 aliphatic carbocycles. The first-order valence-electron chi connectivity index (χ1n) is 13.1. The van der Waals surface area contributed by atoms with E-state index in [1.807, 2.05) is 6.92 Å². The first-order valence-corrected chi connectivity index (χ1v) is 13.1. The van der Waals surface area contributed by atoms with Gasteiger partial charge in [0, 0.05) is 0 Å². The molecule has 0 unspecified atom stereocenters. The van der Waals surface area contributed by atoms with Crippen LogP contribution in [0.15, 0.2) is 0 Å². The molecule has 178 valence electrons. The molecule has 0 saturated heterocycles. The van der Waals surface area contributed by atoms with Crippen LogP contribution in [0.1, 0.15) is 92.4 Å². The molecule has 0 aromatic rings. The molecular weight excluding hydrogens is 388 g/mol. The van der Waals surface area contributed by atoms with Gasteiger partial charge >= 0.3 is 5.97 Å². The maximum atomic E-state index is 11.7. The lowest BCUT2D eigenvalue weighted by molar-refractivity contribution is -0.203. The summed E-state index contributed by atoms with van der Waals surface area (Å²) in [4.78, 5) is 11.5. The van der Waals surface area contributed by atoms with Crippen LogP contribution in [0.5, 0.6) is 0 Å². The topological polar surface area (TPSA) is 77.8 Å².